The Morgan fingerprint density at radius 2 is 1.79 bits per heavy atom. The molecule has 2 heterocycles. The fourth-order valence-corrected chi connectivity index (χ4v) is 4.98. The number of methoxy groups -OCH3 is 1. The second-order valence-corrected chi connectivity index (χ2v) is 10.3. The quantitative estimate of drug-likeness (QED) is 0.225. The van der Waals surface area contributed by atoms with Crippen LogP contribution in [-0.2, 0) is 28.3 Å². The van der Waals surface area contributed by atoms with Gasteiger partial charge in [-0.1, -0.05) is 34.4 Å². The number of nitrogens with zero attached hydrogens (tertiary/aromatic N) is 5. The van der Waals surface area contributed by atoms with E-state index >= 15 is 0 Å². The molecule has 1 aliphatic heterocycles. The van der Waals surface area contributed by atoms with Crippen LogP contribution in [-0.4, -0.2) is 59.1 Å². The van der Waals surface area contributed by atoms with E-state index in [9.17, 15) is 35.5 Å². The maximum atomic E-state index is 14.3. The highest BCUT2D eigenvalue weighted by atomic mass is 35.5. The predicted molar refractivity (Wildman–Crippen MR) is 142 cm³/mol. The van der Waals surface area contributed by atoms with Crippen LogP contribution in [0.1, 0.15) is 39.3 Å². The highest BCUT2D eigenvalue weighted by Gasteiger charge is 2.62. The summed E-state index contributed by atoms with van der Waals surface area (Å²) in [6.45, 7) is -0.932. The Balaban J connectivity index is 1.65. The number of alkyl halides is 7. The molecule has 17 heteroatoms. The Morgan fingerprint density at radius 3 is 2.35 bits per heavy atom. The fraction of sp³-hybridized carbons (Fsp3) is 0.385. The zero-order valence-electron chi connectivity index (χ0n) is 22.3. The van der Waals surface area contributed by atoms with Crippen LogP contribution in [0.3, 0.4) is 0 Å². The van der Waals surface area contributed by atoms with Crippen molar-refractivity contribution in [1.82, 2.24) is 14.8 Å². The normalized spacial score (nSPS) is 17.0. The van der Waals surface area contributed by atoms with Crippen LogP contribution in [0, 0.1) is 6.92 Å². The maximum Gasteiger partial charge on any atom is 0.435 e. The predicted octanol–water partition coefficient (Wildman–Crippen LogP) is 6.80. The molecule has 0 radical (unpaired) electrons. The van der Waals surface area contributed by atoms with Gasteiger partial charge in [0.25, 0.3) is 30.3 Å². The van der Waals surface area contributed by atoms with Gasteiger partial charge in [0.1, 0.15) is 13.2 Å². The van der Waals surface area contributed by atoms with Gasteiger partial charge in [-0.25, -0.2) is 22.2 Å². The van der Waals surface area contributed by atoms with Crippen molar-refractivity contribution in [3.63, 3.8) is 0 Å². The number of rotatable bonds is 10. The average Bonchev–Trinajstić information content (AvgIpc) is 3.52. The van der Waals surface area contributed by atoms with Crippen molar-refractivity contribution in [2.24, 2.45) is 5.16 Å². The molecular weight excluding hydrogens is 634 g/mol. The molecule has 1 aromatic heterocycles. The van der Waals surface area contributed by atoms with Crippen LogP contribution in [0.2, 0.25) is 10.0 Å². The lowest BCUT2D eigenvalue weighted by Gasteiger charge is -2.29. The van der Waals surface area contributed by atoms with Crippen molar-refractivity contribution >= 4 is 40.8 Å². The van der Waals surface area contributed by atoms with Crippen molar-refractivity contribution in [2.45, 2.75) is 51.1 Å². The number of oxime groups is 1. The number of carbonyl (C=O) groups excluding carboxylic acids is 1. The van der Waals surface area contributed by atoms with E-state index in [0.717, 1.165) is 16.8 Å². The summed E-state index contributed by atoms with van der Waals surface area (Å²) in [6.07, 6.45) is -11.6. The molecule has 0 saturated heterocycles. The number of aryl methyl sites for hydroxylation is 1. The van der Waals surface area contributed by atoms with Gasteiger partial charge in [-0.05, 0) is 48.4 Å². The molecule has 0 spiro atoms. The van der Waals surface area contributed by atoms with E-state index in [1.807, 2.05) is 0 Å². The highest BCUT2D eigenvalue weighted by Crippen LogP contribution is 2.49. The Morgan fingerprint density at radius 1 is 1.12 bits per heavy atom. The first-order valence-electron chi connectivity index (χ1n) is 12.4. The highest BCUT2D eigenvalue weighted by molar-refractivity contribution is 6.34. The van der Waals surface area contributed by atoms with Crippen molar-refractivity contribution < 1.29 is 45.1 Å². The lowest BCUT2D eigenvalue weighted by molar-refractivity contribution is -0.275. The number of hydrogen-bond acceptors (Lipinski definition) is 6. The smallest absolute Gasteiger partial charge is 0.377 e. The summed E-state index contributed by atoms with van der Waals surface area (Å²) >= 11 is 11.9. The van der Waals surface area contributed by atoms with Gasteiger partial charge in [-0.2, -0.15) is 18.2 Å². The summed E-state index contributed by atoms with van der Waals surface area (Å²) < 4.78 is 102. The number of hydrogen-bond donors (Lipinski definition) is 0. The summed E-state index contributed by atoms with van der Waals surface area (Å²) in [5.41, 5.74) is -3.15. The number of ether oxygens (including phenoxy) is 1. The monoisotopic (exact) mass is 655 g/mol. The second-order valence-electron chi connectivity index (χ2n) is 9.46. The molecule has 232 valence electrons. The van der Waals surface area contributed by atoms with Crippen LogP contribution in [0.15, 0.2) is 41.6 Å². The first-order chi connectivity index (χ1) is 20.1. The largest absolute Gasteiger partial charge is 0.435 e. The standard InChI is InChI=1S/C26H22Cl2F7N5O3/c1-13-5-14(19-9-25(43-38-19,26(33,34)35)15-6-16(27)8-17(28)7-15)3-4-18(13)23(41)39(10-20(29)30)24-36-22(12-42-2)40(37-24)11-21(31)32/h3-8,20-21H,9-12H2,1-2H3. The van der Waals surface area contributed by atoms with Crippen LogP contribution in [0.5, 0.6) is 0 Å². The lowest BCUT2D eigenvalue weighted by atomic mass is 9.86. The zero-order chi connectivity index (χ0) is 31.7. The van der Waals surface area contributed by atoms with E-state index in [2.05, 4.69) is 15.2 Å². The number of anilines is 1. The molecule has 8 nitrogen and oxygen atoms in total. The van der Waals surface area contributed by atoms with Gasteiger partial charge >= 0.3 is 6.18 Å². The SMILES string of the molecule is COCc1nc(N(CC(F)F)C(=O)c2ccc(C3=NOC(c4cc(Cl)cc(Cl)c4)(C(F)(F)F)C3)cc2C)nn1CC(F)F. The van der Waals surface area contributed by atoms with E-state index < -0.39 is 56.0 Å². The summed E-state index contributed by atoms with van der Waals surface area (Å²) in [6, 6.07) is 7.23. The van der Waals surface area contributed by atoms with E-state index in [1.54, 1.807) is 0 Å². The summed E-state index contributed by atoms with van der Waals surface area (Å²) in [5.74, 6) is -1.67. The third kappa shape index (κ3) is 6.88. The van der Waals surface area contributed by atoms with Gasteiger partial charge in [-0.3, -0.25) is 9.69 Å². The van der Waals surface area contributed by atoms with E-state index in [-0.39, 0.29) is 50.4 Å². The van der Waals surface area contributed by atoms with Crippen LogP contribution in [0.25, 0.3) is 0 Å². The average molecular weight is 656 g/mol. The van der Waals surface area contributed by atoms with Crippen LogP contribution < -0.4 is 4.90 Å². The third-order valence-electron chi connectivity index (χ3n) is 6.43. The Hall–Kier alpha value is -3.43. The van der Waals surface area contributed by atoms with Gasteiger partial charge in [-0.15, -0.1) is 5.10 Å². The van der Waals surface area contributed by atoms with E-state index in [0.29, 0.717) is 4.90 Å². The van der Waals surface area contributed by atoms with Crippen molar-refractivity contribution in [2.75, 3.05) is 18.6 Å². The molecule has 2 aromatic carbocycles. The van der Waals surface area contributed by atoms with Gasteiger partial charge in [0.15, 0.2) is 5.82 Å². The number of carbonyl (C=O) groups is 1. The molecule has 1 aliphatic rings. The van der Waals surface area contributed by atoms with Gasteiger partial charge < -0.3 is 9.57 Å². The van der Waals surface area contributed by atoms with Crippen LogP contribution in [0.4, 0.5) is 36.7 Å². The first-order valence-corrected chi connectivity index (χ1v) is 13.1. The number of amides is 1. The molecule has 0 bridgehead atoms. The molecular formula is C26H22Cl2F7N5O3. The minimum atomic E-state index is -4.94. The third-order valence-corrected chi connectivity index (χ3v) is 6.87. The van der Waals surface area contributed by atoms with Crippen molar-refractivity contribution in [1.29, 1.82) is 0 Å². The molecule has 0 fully saturated rings. The summed E-state index contributed by atoms with van der Waals surface area (Å²) in [5, 5.41) is 7.40. The minimum Gasteiger partial charge on any atom is -0.377 e. The first kappa shape index (κ1) is 32.5. The number of aromatic nitrogens is 3. The van der Waals surface area contributed by atoms with Crippen molar-refractivity contribution in [3.8, 4) is 0 Å². The summed E-state index contributed by atoms with van der Waals surface area (Å²) in [7, 11) is 1.26. The molecule has 0 aliphatic carbocycles. The maximum absolute atomic E-state index is 14.3. The summed E-state index contributed by atoms with van der Waals surface area (Å²) in [4.78, 5) is 22.9. The lowest BCUT2D eigenvalue weighted by Crippen LogP contribution is -2.42. The van der Waals surface area contributed by atoms with Crippen molar-refractivity contribution in [3.05, 3.63) is 74.5 Å². The van der Waals surface area contributed by atoms with Gasteiger partial charge in [0, 0.05) is 34.7 Å². The second kappa shape index (κ2) is 12.7. The zero-order valence-corrected chi connectivity index (χ0v) is 23.8. The molecule has 1 unspecified atom stereocenters. The topological polar surface area (TPSA) is 81.8 Å². The number of benzene rings is 2. The van der Waals surface area contributed by atoms with Gasteiger partial charge in [0.05, 0.1) is 12.3 Å². The molecule has 43 heavy (non-hydrogen) atoms. The minimum absolute atomic E-state index is 0.0434. The Kier molecular flexibility index (Phi) is 9.57. The number of halogens is 9. The Bertz CT molecular complexity index is 1510. The molecule has 3 aromatic rings. The van der Waals surface area contributed by atoms with E-state index in [4.69, 9.17) is 32.8 Å². The molecule has 4 rings (SSSR count). The molecule has 0 N–H and O–H groups in total. The molecule has 0 saturated carbocycles. The van der Waals surface area contributed by atoms with E-state index in [1.165, 1.54) is 38.3 Å². The Labute approximate surface area is 250 Å². The molecule has 1 atom stereocenters. The van der Waals surface area contributed by atoms with Gasteiger partial charge in [0.2, 0.25) is 0 Å². The van der Waals surface area contributed by atoms with Crippen LogP contribution >= 0.6 is 23.2 Å². The fourth-order valence-electron chi connectivity index (χ4n) is 4.46. The molecule has 1 amide bonds.